The molecular weight excluding hydrogens is 176 g/mol. The monoisotopic (exact) mass is 198 g/mol. The van der Waals surface area contributed by atoms with Crippen molar-refractivity contribution in [3.05, 3.63) is 0 Å². The van der Waals surface area contributed by atoms with E-state index < -0.39 is 5.41 Å². The van der Waals surface area contributed by atoms with Crippen LogP contribution in [0, 0.1) is 11.3 Å². The number of nitrogens with one attached hydrogen (secondary N) is 1. The van der Waals surface area contributed by atoms with Gasteiger partial charge in [0.25, 0.3) is 0 Å². The third-order valence-electron chi connectivity index (χ3n) is 3.33. The molecule has 0 spiro atoms. The van der Waals surface area contributed by atoms with Crippen molar-refractivity contribution in [3.8, 4) is 0 Å². The zero-order valence-corrected chi connectivity index (χ0v) is 9.47. The lowest BCUT2D eigenvalue weighted by Crippen LogP contribution is -2.44. The molecule has 2 atom stereocenters. The number of amides is 1. The Kier molecular flexibility index (Phi) is 3.53. The largest absolute Gasteiger partial charge is 0.369 e. The van der Waals surface area contributed by atoms with Crippen LogP contribution in [0.3, 0.4) is 0 Å². The van der Waals surface area contributed by atoms with Crippen molar-refractivity contribution >= 4 is 5.91 Å². The van der Waals surface area contributed by atoms with Crippen LogP contribution in [-0.4, -0.2) is 18.5 Å². The molecule has 0 aromatic carbocycles. The number of rotatable bonds is 4. The molecule has 3 N–H and O–H groups in total. The molecule has 0 bridgehead atoms. The van der Waals surface area contributed by atoms with Gasteiger partial charge in [-0.1, -0.05) is 13.3 Å². The van der Waals surface area contributed by atoms with Crippen molar-refractivity contribution < 1.29 is 4.79 Å². The first-order valence-corrected chi connectivity index (χ1v) is 5.47. The van der Waals surface area contributed by atoms with Crippen LogP contribution in [-0.2, 0) is 4.79 Å². The van der Waals surface area contributed by atoms with Crippen LogP contribution in [0.2, 0.25) is 0 Å². The first kappa shape index (κ1) is 11.5. The summed E-state index contributed by atoms with van der Waals surface area (Å²) in [5.74, 6) is 0.509. The average Bonchev–Trinajstić information content (AvgIpc) is 2.47. The van der Waals surface area contributed by atoms with Gasteiger partial charge >= 0.3 is 0 Å². The Morgan fingerprint density at radius 2 is 2.14 bits per heavy atom. The van der Waals surface area contributed by atoms with Crippen molar-refractivity contribution in [2.75, 3.05) is 6.54 Å². The van der Waals surface area contributed by atoms with Crippen LogP contribution >= 0.6 is 0 Å². The van der Waals surface area contributed by atoms with Crippen LogP contribution in [0.15, 0.2) is 0 Å². The molecule has 0 aromatic heterocycles. The molecule has 3 heteroatoms. The van der Waals surface area contributed by atoms with Gasteiger partial charge in [-0.15, -0.1) is 0 Å². The lowest BCUT2D eigenvalue weighted by molar-refractivity contribution is -0.125. The lowest BCUT2D eigenvalue weighted by Gasteiger charge is -2.25. The van der Waals surface area contributed by atoms with Gasteiger partial charge in [-0.25, -0.2) is 0 Å². The predicted molar refractivity (Wildman–Crippen MR) is 57.8 cm³/mol. The number of nitrogens with two attached hydrogens (primary N) is 1. The molecular formula is C11H22N2O. The molecule has 0 aliphatic heterocycles. The first-order valence-electron chi connectivity index (χ1n) is 5.47. The summed E-state index contributed by atoms with van der Waals surface area (Å²) in [6.45, 7) is 6.74. The highest BCUT2D eigenvalue weighted by molar-refractivity contribution is 5.80. The maximum atomic E-state index is 11.1. The maximum Gasteiger partial charge on any atom is 0.224 e. The minimum Gasteiger partial charge on any atom is -0.369 e. The fraction of sp³-hybridized carbons (Fsp3) is 0.909. The van der Waals surface area contributed by atoms with Gasteiger partial charge in [-0.05, 0) is 32.6 Å². The standard InChI is InChI=1S/C11H22N2O/c1-8-5-4-6-9(8)13-7-11(2,3)10(12)14/h8-9,13H,4-7H2,1-3H3,(H2,12,14). The maximum absolute atomic E-state index is 11.1. The van der Waals surface area contributed by atoms with Gasteiger partial charge in [0.05, 0.1) is 5.41 Å². The lowest BCUT2D eigenvalue weighted by atomic mass is 9.92. The second-order valence-corrected chi connectivity index (χ2v) is 5.14. The van der Waals surface area contributed by atoms with Crippen molar-refractivity contribution in [3.63, 3.8) is 0 Å². The molecule has 1 aliphatic rings. The highest BCUT2D eigenvalue weighted by Gasteiger charge is 2.28. The summed E-state index contributed by atoms with van der Waals surface area (Å²) in [6.07, 6.45) is 3.83. The molecule has 0 saturated heterocycles. The highest BCUT2D eigenvalue weighted by atomic mass is 16.1. The number of carbonyl (C=O) groups is 1. The molecule has 1 fully saturated rings. The van der Waals surface area contributed by atoms with E-state index in [0.29, 0.717) is 12.6 Å². The van der Waals surface area contributed by atoms with E-state index in [0.717, 1.165) is 5.92 Å². The normalized spacial score (nSPS) is 27.9. The van der Waals surface area contributed by atoms with Gasteiger partial charge in [0.2, 0.25) is 5.91 Å². The van der Waals surface area contributed by atoms with Crippen LogP contribution in [0.5, 0.6) is 0 Å². The Morgan fingerprint density at radius 3 is 2.57 bits per heavy atom. The van der Waals surface area contributed by atoms with E-state index in [2.05, 4.69) is 12.2 Å². The SMILES string of the molecule is CC1CCCC1NCC(C)(C)C(N)=O. The first-order chi connectivity index (χ1) is 6.43. The second kappa shape index (κ2) is 4.30. The highest BCUT2D eigenvalue weighted by Crippen LogP contribution is 2.25. The molecule has 82 valence electrons. The minimum atomic E-state index is -0.428. The van der Waals surface area contributed by atoms with E-state index in [1.807, 2.05) is 13.8 Å². The molecule has 1 rings (SSSR count). The van der Waals surface area contributed by atoms with Gasteiger partial charge in [0, 0.05) is 12.6 Å². The summed E-state index contributed by atoms with van der Waals surface area (Å²) < 4.78 is 0. The van der Waals surface area contributed by atoms with Gasteiger partial charge in [0.1, 0.15) is 0 Å². The fourth-order valence-corrected chi connectivity index (χ4v) is 1.92. The van der Waals surface area contributed by atoms with E-state index in [4.69, 9.17) is 5.73 Å². The van der Waals surface area contributed by atoms with Crippen molar-refractivity contribution in [1.29, 1.82) is 0 Å². The summed E-state index contributed by atoms with van der Waals surface area (Å²) in [5.41, 5.74) is 4.88. The van der Waals surface area contributed by atoms with Crippen LogP contribution in [0.1, 0.15) is 40.0 Å². The number of hydrogen-bond acceptors (Lipinski definition) is 2. The van der Waals surface area contributed by atoms with Crippen LogP contribution in [0.4, 0.5) is 0 Å². The predicted octanol–water partition coefficient (Wildman–Crippen LogP) is 1.28. The van der Waals surface area contributed by atoms with E-state index in [1.165, 1.54) is 19.3 Å². The summed E-state index contributed by atoms with van der Waals surface area (Å²) in [4.78, 5) is 11.1. The van der Waals surface area contributed by atoms with E-state index in [1.54, 1.807) is 0 Å². The summed E-state index contributed by atoms with van der Waals surface area (Å²) in [7, 11) is 0. The topological polar surface area (TPSA) is 55.1 Å². The molecule has 0 heterocycles. The Morgan fingerprint density at radius 1 is 1.50 bits per heavy atom. The van der Waals surface area contributed by atoms with Crippen molar-refractivity contribution in [1.82, 2.24) is 5.32 Å². The smallest absolute Gasteiger partial charge is 0.224 e. The molecule has 2 unspecified atom stereocenters. The summed E-state index contributed by atoms with van der Waals surface area (Å²) in [6, 6.07) is 0.577. The molecule has 0 aromatic rings. The van der Waals surface area contributed by atoms with Crippen LogP contribution in [0.25, 0.3) is 0 Å². The van der Waals surface area contributed by atoms with Gasteiger partial charge in [-0.2, -0.15) is 0 Å². The summed E-state index contributed by atoms with van der Waals surface area (Å²) >= 11 is 0. The molecule has 0 radical (unpaired) electrons. The number of primary amides is 1. The molecule has 1 amide bonds. The van der Waals surface area contributed by atoms with Crippen molar-refractivity contribution in [2.45, 2.75) is 46.1 Å². The van der Waals surface area contributed by atoms with E-state index in [9.17, 15) is 4.79 Å². The average molecular weight is 198 g/mol. The fourth-order valence-electron chi connectivity index (χ4n) is 1.92. The Labute approximate surface area is 86.4 Å². The van der Waals surface area contributed by atoms with Gasteiger partial charge in [0.15, 0.2) is 0 Å². The van der Waals surface area contributed by atoms with E-state index in [-0.39, 0.29) is 5.91 Å². The van der Waals surface area contributed by atoms with Gasteiger partial charge < -0.3 is 11.1 Å². The second-order valence-electron chi connectivity index (χ2n) is 5.14. The third kappa shape index (κ3) is 2.71. The third-order valence-corrected chi connectivity index (χ3v) is 3.33. The number of hydrogen-bond donors (Lipinski definition) is 2. The molecule has 1 saturated carbocycles. The molecule has 3 nitrogen and oxygen atoms in total. The summed E-state index contributed by atoms with van der Waals surface area (Å²) in [5, 5.41) is 3.45. The van der Waals surface area contributed by atoms with Gasteiger partial charge in [-0.3, -0.25) is 4.79 Å². The van der Waals surface area contributed by atoms with Crippen molar-refractivity contribution in [2.24, 2.45) is 17.1 Å². The number of carbonyl (C=O) groups excluding carboxylic acids is 1. The Bertz CT molecular complexity index is 213. The quantitative estimate of drug-likeness (QED) is 0.715. The molecule has 14 heavy (non-hydrogen) atoms. The minimum absolute atomic E-state index is 0.226. The van der Waals surface area contributed by atoms with E-state index >= 15 is 0 Å². The molecule has 1 aliphatic carbocycles. The Hall–Kier alpha value is -0.570. The zero-order chi connectivity index (χ0) is 10.8. The Balaban J connectivity index is 2.36. The zero-order valence-electron chi connectivity index (χ0n) is 9.47. The van der Waals surface area contributed by atoms with Crippen LogP contribution < -0.4 is 11.1 Å².